The lowest BCUT2D eigenvalue weighted by Crippen LogP contribution is -2.17. The normalized spacial score (nSPS) is 11.2. The minimum Gasteiger partial charge on any atom is -0.365 e. The summed E-state index contributed by atoms with van der Waals surface area (Å²) in [6, 6.07) is 14.6. The van der Waals surface area contributed by atoms with Crippen LogP contribution >= 0.6 is 11.3 Å². The van der Waals surface area contributed by atoms with E-state index < -0.39 is 21.7 Å². The van der Waals surface area contributed by atoms with E-state index in [0.717, 1.165) is 10.4 Å². The number of sulfone groups is 1. The van der Waals surface area contributed by atoms with E-state index in [1.165, 1.54) is 17.4 Å². The van der Waals surface area contributed by atoms with Gasteiger partial charge in [-0.15, -0.1) is 11.3 Å². The summed E-state index contributed by atoms with van der Waals surface area (Å²) in [6.45, 7) is 3.62. The van der Waals surface area contributed by atoms with E-state index in [-0.39, 0.29) is 10.6 Å². The van der Waals surface area contributed by atoms with Crippen LogP contribution in [0.25, 0.3) is 0 Å². The Morgan fingerprint density at radius 2 is 1.72 bits per heavy atom. The lowest BCUT2D eigenvalue weighted by Gasteiger charge is -2.08. The lowest BCUT2D eigenvalue weighted by atomic mass is 10.1. The molecule has 2 amide bonds. The Morgan fingerprint density at radius 1 is 1.03 bits per heavy atom. The van der Waals surface area contributed by atoms with Gasteiger partial charge in [0.05, 0.1) is 16.2 Å². The van der Waals surface area contributed by atoms with Crippen LogP contribution in [0, 0.1) is 13.8 Å². The van der Waals surface area contributed by atoms with Gasteiger partial charge in [0.1, 0.15) is 5.00 Å². The van der Waals surface area contributed by atoms with Crippen LogP contribution in [-0.4, -0.2) is 20.2 Å². The Bertz CT molecular complexity index is 1180. The van der Waals surface area contributed by atoms with Gasteiger partial charge in [-0.25, -0.2) is 8.42 Å². The number of amides is 2. The Hall–Kier alpha value is -2.97. The van der Waals surface area contributed by atoms with Gasteiger partial charge in [0.25, 0.3) is 11.8 Å². The first-order chi connectivity index (χ1) is 13.7. The number of hydrogen-bond donors (Lipinski definition) is 2. The van der Waals surface area contributed by atoms with E-state index in [9.17, 15) is 18.0 Å². The zero-order valence-corrected chi connectivity index (χ0v) is 17.6. The zero-order valence-electron chi connectivity index (χ0n) is 15.9. The van der Waals surface area contributed by atoms with Crippen LogP contribution in [0.1, 0.15) is 36.7 Å². The molecule has 3 N–H and O–H groups in total. The highest BCUT2D eigenvalue weighted by atomic mass is 32.2. The molecule has 150 valence electrons. The van der Waals surface area contributed by atoms with Crippen molar-refractivity contribution in [1.82, 2.24) is 0 Å². The van der Waals surface area contributed by atoms with Gasteiger partial charge in [-0.3, -0.25) is 9.59 Å². The number of benzene rings is 2. The Morgan fingerprint density at radius 3 is 2.38 bits per heavy atom. The molecule has 0 aliphatic carbocycles. The average Bonchev–Trinajstić information content (AvgIpc) is 2.96. The molecule has 0 radical (unpaired) electrons. The predicted octanol–water partition coefficient (Wildman–Crippen LogP) is 3.69. The number of nitrogens with one attached hydrogen (secondary N) is 1. The number of aryl methyl sites for hydroxylation is 1. The van der Waals surface area contributed by atoms with Crippen LogP contribution in [0.4, 0.5) is 5.00 Å². The number of thiophene rings is 1. The van der Waals surface area contributed by atoms with E-state index in [4.69, 9.17) is 5.73 Å². The summed E-state index contributed by atoms with van der Waals surface area (Å²) < 4.78 is 25.2. The van der Waals surface area contributed by atoms with Gasteiger partial charge < -0.3 is 11.1 Å². The van der Waals surface area contributed by atoms with Crippen molar-refractivity contribution in [2.75, 3.05) is 5.32 Å². The van der Waals surface area contributed by atoms with Crippen molar-refractivity contribution < 1.29 is 18.0 Å². The molecule has 0 bridgehead atoms. The summed E-state index contributed by atoms with van der Waals surface area (Å²) in [4.78, 5) is 25.5. The molecule has 0 saturated carbocycles. The van der Waals surface area contributed by atoms with Crippen molar-refractivity contribution in [1.29, 1.82) is 0 Å². The number of anilines is 1. The smallest absolute Gasteiger partial charge is 0.256 e. The van der Waals surface area contributed by atoms with Crippen LogP contribution in [0.2, 0.25) is 0 Å². The number of rotatable bonds is 6. The van der Waals surface area contributed by atoms with Crippen LogP contribution in [0.5, 0.6) is 0 Å². The van der Waals surface area contributed by atoms with Gasteiger partial charge in [0.2, 0.25) is 0 Å². The fourth-order valence-electron chi connectivity index (χ4n) is 2.92. The topological polar surface area (TPSA) is 106 Å². The Labute approximate surface area is 173 Å². The first-order valence-electron chi connectivity index (χ1n) is 8.77. The third kappa shape index (κ3) is 4.55. The van der Waals surface area contributed by atoms with Crippen molar-refractivity contribution >= 4 is 38.0 Å². The van der Waals surface area contributed by atoms with E-state index in [0.29, 0.717) is 21.7 Å². The first kappa shape index (κ1) is 20.8. The quantitative estimate of drug-likeness (QED) is 0.624. The van der Waals surface area contributed by atoms with Crippen molar-refractivity contribution in [3.63, 3.8) is 0 Å². The summed E-state index contributed by atoms with van der Waals surface area (Å²) in [5.74, 6) is -1.26. The van der Waals surface area contributed by atoms with Gasteiger partial charge in [0.15, 0.2) is 9.84 Å². The van der Waals surface area contributed by atoms with E-state index in [1.807, 2.05) is 6.92 Å². The molecule has 8 heteroatoms. The molecule has 2 aromatic carbocycles. The van der Waals surface area contributed by atoms with Gasteiger partial charge in [-0.1, -0.05) is 30.3 Å². The molecule has 0 spiro atoms. The maximum Gasteiger partial charge on any atom is 0.256 e. The summed E-state index contributed by atoms with van der Waals surface area (Å²) in [7, 11) is -3.53. The van der Waals surface area contributed by atoms with Crippen molar-refractivity contribution in [3.05, 3.63) is 81.7 Å². The highest BCUT2D eigenvalue weighted by molar-refractivity contribution is 7.90. The van der Waals surface area contributed by atoms with Crippen molar-refractivity contribution in [2.24, 2.45) is 5.73 Å². The fourth-order valence-corrected chi connectivity index (χ4v) is 5.34. The van der Waals surface area contributed by atoms with Gasteiger partial charge in [-0.05, 0) is 49.2 Å². The molecule has 29 heavy (non-hydrogen) atoms. The second-order valence-corrected chi connectivity index (χ2v) is 9.79. The molecular formula is C21H20N2O4S2. The van der Waals surface area contributed by atoms with Crippen LogP contribution < -0.4 is 11.1 Å². The molecule has 1 heterocycles. The van der Waals surface area contributed by atoms with Crippen LogP contribution in [0.3, 0.4) is 0 Å². The van der Waals surface area contributed by atoms with E-state index in [2.05, 4.69) is 5.32 Å². The Kier molecular flexibility index (Phi) is 5.86. The minimum absolute atomic E-state index is 0.220. The molecule has 0 atom stereocenters. The lowest BCUT2D eigenvalue weighted by molar-refractivity contribution is 0.100. The molecule has 0 aliphatic heterocycles. The molecule has 0 aliphatic rings. The number of primary amides is 1. The summed E-state index contributed by atoms with van der Waals surface area (Å²) in [5, 5.41) is 3.11. The van der Waals surface area contributed by atoms with Gasteiger partial charge in [0, 0.05) is 10.4 Å². The van der Waals surface area contributed by atoms with Crippen LogP contribution in [-0.2, 0) is 15.6 Å². The standard InChI is InChI=1S/C21H20N2O4S2/c1-13-14(2)28-21(18(13)19(22)24)23-20(25)16-8-6-7-15(11-16)12-29(26,27)17-9-4-3-5-10-17/h3-11H,12H2,1-2H3,(H2,22,24)(H,23,25). The Balaban J connectivity index is 1.84. The fraction of sp³-hybridized carbons (Fsp3) is 0.143. The maximum atomic E-state index is 12.7. The van der Waals surface area contributed by atoms with E-state index in [1.54, 1.807) is 55.5 Å². The molecule has 1 aromatic heterocycles. The molecule has 0 fully saturated rings. The van der Waals surface area contributed by atoms with Gasteiger partial charge in [-0.2, -0.15) is 0 Å². The molecular weight excluding hydrogens is 408 g/mol. The third-order valence-electron chi connectivity index (χ3n) is 4.51. The minimum atomic E-state index is -3.53. The second kappa shape index (κ2) is 8.18. The summed E-state index contributed by atoms with van der Waals surface area (Å²) in [5.41, 5.74) is 7.27. The second-order valence-electron chi connectivity index (χ2n) is 6.58. The highest BCUT2D eigenvalue weighted by Crippen LogP contribution is 2.32. The molecule has 3 rings (SSSR count). The number of carbonyl (C=O) groups excluding carboxylic acids is 2. The number of nitrogens with two attached hydrogens (primary N) is 1. The first-order valence-corrected chi connectivity index (χ1v) is 11.2. The largest absolute Gasteiger partial charge is 0.365 e. The number of carbonyl (C=O) groups is 2. The molecule has 3 aromatic rings. The molecule has 0 unspecified atom stereocenters. The average molecular weight is 429 g/mol. The molecule has 6 nitrogen and oxygen atoms in total. The van der Waals surface area contributed by atoms with Crippen LogP contribution in [0.15, 0.2) is 59.5 Å². The van der Waals surface area contributed by atoms with Crippen molar-refractivity contribution in [3.8, 4) is 0 Å². The SMILES string of the molecule is Cc1sc(NC(=O)c2cccc(CS(=O)(=O)c3ccccc3)c2)c(C(N)=O)c1C. The summed E-state index contributed by atoms with van der Waals surface area (Å²) in [6.07, 6.45) is 0. The monoisotopic (exact) mass is 428 g/mol. The molecule has 0 saturated heterocycles. The zero-order chi connectivity index (χ0) is 21.2. The predicted molar refractivity (Wildman–Crippen MR) is 114 cm³/mol. The van der Waals surface area contributed by atoms with Crippen molar-refractivity contribution in [2.45, 2.75) is 24.5 Å². The van der Waals surface area contributed by atoms with Gasteiger partial charge >= 0.3 is 0 Å². The summed E-state index contributed by atoms with van der Waals surface area (Å²) >= 11 is 1.28. The number of hydrogen-bond acceptors (Lipinski definition) is 5. The third-order valence-corrected chi connectivity index (χ3v) is 7.33. The maximum absolute atomic E-state index is 12.7. The highest BCUT2D eigenvalue weighted by Gasteiger charge is 2.20. The van der Waals surface area contributed by atoms with E-state index >= 15 is 0 Å².